The maximum atomic E-state index is 12.7. The molecule has 1 fully saturated rings. The fourth-order valence-electron chi connectivity index (χ4n) is 3.11. The third kappa shape index (κ3) is 5.28. The number of aromatic nitrogens is 1. The number of benzene rings is 1. The van der Waals surface area contributed by atoms with E-state index in [-0.39, 0.29) is 32.1 Å². The van der Waals surface area contributed by atoms with Crippen LogP contribution in [0.15, 0.2) is 42.5 Å². The number of para-hydroxylation sites is 1. The van der Waals surface area contributed by atoms with E-state index in [1.807, 2.05) is 56.3 Å². The number of rotatable bonds is 5. The number of nitrogens with zero attached hydrogens (tertiary/aromatic N) is 2. The first-order valence-electron chi connectivity index (χ1n) is 9.14. The lowest BCUT2D eigenvalue weighted by atomic mass is 10.1. The lowest BCUT2D eigenvalue weighted by Crippen LogP contribution is -2.50. The van der Waals surface area contributed by atoms with Crippen LogP contribution in [0.4, 0.5) is 0 Å². The number of aliphatic hydroxyl groups is 1. The van der Waals surface area contributed by atoms with Crippen LogP contribution >= 0.6 is 0 Å². The SMILES string of the molecule is Cc1cccc(CC(=O)N2CCOCC(O)(COc3ccccc3C)C2)n1. The molecule has 1 aromatic heterocycles. The van der Waals surface area contributed by atoms with E-state index in [9.17, 15) is 9.90 Å². The summed E-state index contributed by atoms with van der Waals surface area (Å²) in [5.74, 6) is 0.643. The summed E-state index contributed by atoms with van der Waals surface area (Å²) in [5.41, 5.74) is 1.34. The first-order chi connectivity index (χ1) is 13.0. The molecule has 0 spiro atoms. The van der Waals surface area contributed by atoms with Crippen LogP contribution in [0.5, 0.6) is 5.75 Å². The van der Waals surface area contributed by atoms with Crippen molar-refractivity contribution in [3.05, 3.63) is 59.4 Å². The number of carbonyl (C=O) groups excluding carboxylic acids is 1. The van der Waals surface area contributed by atoms with Gasteiger partial charge in [0.1, 0.15) is 18.0 Å². The number of hydrogen-bond acceptors (Lipinski definition) is 5. The van der Waals surface area contributed by atoms with E-state index in [2.05, 4.69) is 4.98 Å². The van der Waals surface area contributed by atoms with E-state index in [4.69, 9.17) is 9.47 Å². The summed E-state index contributed by atoms with van der Waals surface area (Å²) in [4.78, 5) is 18.8. The van der Waals surface area contributed by atoms with Gasteiger partial charge in [-0.15, -0.1) is 0 Å². The Morgan fingerprint density at radius 2 is 2.07 bits per heavy atom. The molecule has 144 valence electrons. The van der Waals surface area contributed by atoms with Gasteiger partial charge in [0.05, 0.1) is 26.2 Å². The van der Waals surface area contributed by atoms with Gasteiger partial charge in [-0.3, -0.25) is 9.78 Å². The van der Waals surface area contributed by atoms with Crippen LogP contribution in [0, 0.1) is 13.8 Å². The van der Waals surface area contributed by atoms with Gasteiger partial charge in [-0.1, -0.05) is 24.3 Å². The Kier molecular flexibility index (Phi) is 6.08. The largest absolute Gasteiger partial charge is 0.490 e. The number of pyridine rings is 1. The van der Waals surface area contributed by atoms with Crippen molar-refractivity contribution in [1.29, 1.82) is 0 Å². The standard InChI is InChI=1S/C21H26N2O4/c1-16-6-3-4-9-19(16)27-15-21(25)13-23(10-11-26-14-21)20(24)12-18-8-5-7-17(2)22-18/h3-9,25H,10-15H2,1-2H3. The molecule has 1 aliphatic heterocycles. The Morgan fingerprint density at radius 1 is 1.26 bits per heavy atom. The van der Waals surface area contributed by atoms with Crippen molar-refractivity contribution in [3.63, 3.8) is 0 Å². The molecule has 1 saturated heterocycles. The second-order valence-electron chi connectivity index (χ2n) is 7.09. The molecule has 6 nitrogen and oxygen atoms in total. The fourth-order valence-corrected chi connectivity index (χ4v) is 3.11. The highest BCUT2D eigenvalue weighted by molar-refractivity contribution is 5.78. The smallest absolute Gasteiger partial charge is 0.228 e. The molecule has 1 unspecified atom stereocenters. The average Bonchev–Trinajstić information content (AvgIpc) is 2.83. The zero-order chi connectivity index (χ0) is 19.3. The van der Waals surface area contributed by atoms with Crippen molar-refractivity contribution in [2.24, 2.45) is 0 Å². The van der Waals surface area contributed by atoms with Crippen LogP contribution in [0.25, 0.3) is 0 Å². The van der Waals surface area contributed by atoms with Gasteiger partial charge in [0.2, 0.25) is 5.91 Å². The van der Waals surface area contributed by atoms with Crippen LogP contribution in [0.3, 0.4) is 0 Å². The third-order valence-corrected chi connectivity index (χ3v) is 4.58. The third-order valence-electron chi connectivity index (χ3n) is 4.58. The maximum Gasteiger partial charge on any atom is 0.228 e. The van der Waals surface area contributed by atoms with Crippen molar-refractivity contribution < 1.29 is 19.4 Å². The maximum absolute atomic E-state index is 12.7. The molecular weight excluding hydrogens is 344 g/mol. The quantitative estimate of drug-likeness (QED) is 0.871. The summed E-state index contributed by atoms with van der Waals surface area (Å²) < 4.78 is 11.4. The van der Waals surface area contributed by atoms with Gasteiger partial charge >= 0.3 is 0 Å². The van der Waals surface area contributed by atoms with Gasteiger partial charge < -0.3 is 19.5 Å². The molecule has 1 atom stereocenters. The van der Waals surface area contributed by atoms with Crippen LogP contribution in [0.2, 0.25) is 0 Å². The van der Waals surface area contributed by atoms with Crippen molar-refractivity contribution in [2.75, 3.05) is 32.9 Å². The minimum absolute atomic E-state index is 0.0598. The molecule has 1 aliphatic rings. The highest BCUT2D eigenvalue weighted by Gasteiger charge is 2.35. The second-order valence-corrected chi connectivity index (χ2v) is 7.09. The first-order valence-corrected chi connectivity index (χ1v) is 9.14. The number of amides is 1. The van der Waals surface area contributed by atoms with Crippen LogP contribution in [0.1, 0.15) is 17.0 Å². The van der Waals surface area contributed by atoms with E-state index >= 15 is 0 Å². The summed E-state index contributed by atoms with van der Waals surface area (Å²) >= 11 is 0. The monoisotopic (exact) mass is 370 g/mol. The number of ether oxygens (including phenoxy) is 2. The number of β-amino-alcohol motifs (C(OH)–C–C–N with tert-alkyl or cyclic N) is 1. The van der Waals surface area contributed by atoms with Crippen LogP contribution in [-0.4, -0.2) is 59.4 Å². The minimum Gasteiger partial charge on any atom is -0.490 e. The lowest BCUT2D eigenvalue weighted by molar-refractivity contribution is -0.134. The van der Waals surface area contributed by atoms with Crippen molar-refractivity contribution in [1.82, 2.24) is 9.88 Å². The Balaban J connectivity index is 1.65. The molecule has 0 saturated carbocycles. The second kappa shape index (κ2) is 8.50. The summed E-state index contributed by atoms with van der Waals surface area (Å²) in [6.45, 7) is 5.04. The molecular formula is C21H26N2O4. The highest BCUT2D eigenvalue weighted by Crippen LogP contribution is 2.20. The van der Waals surface area contributed by atoms with Crippen molar-refractivity contribution >= 4 is 5.91 Å². The molecule has 2 heterocycles. The molecule has 2 aromatic rings. The Morgan fingerprint density at radius 3 is 2.85 bits per heavy atom. The predicted molar refractivity (Wildman–Crippen MR) is 102 cm³/mol. The van der Waals surface area contributed by atoms with Crippen molar-refractivity contribution in [2.45, 2.75) is 25.9 Å². The molecule has 3 rings (SSSR count). The van der Waals surface area contributed by atoms with Crippen LogP contribution < -0.4 is 4.74 Å². The van der Waals surface area contributed by atoms with Gasteiger partial charge in [0.25, 0.3) is 0 Å². The topological polar surface area (TPSA) is 71.9 Å². The number of carbonyl (C=O) groups is 1. The number of hydrogen-bond donors (Lipinski definition) is 1. The summed E-state index contributed by atoms with van der Waals surface area (Å²) in [7, 11) is 0. The highest BCUT2D eigenvalue weighted by atomic mass is 16.5. The summed E-state index contributed by atoms with van der Waals surface area (Å²) in [6, 6.07) is 13.3. The minimum atomic E-state index is -1.26. The molecule has 1 aromatic carbocycles. The van der Waals surface area contributed by atoms with E-state index in [0.717, 1.165) is 22.7 Å². The molecule has 0 aliphatic carbocycles. The Bertz CT molecular complexity index is 795. The normalized spacial score (nSPS) is 20.2. The first kappa shape index (κ1) is 19.3. The van der Waals surface area contributed by atoms with E-state index in [0.29, 0.717) is 13.2 Å². The van der Waals surface area contributed by atoms with Gasteiger partial charge in [-0.2, -0.15) is 0 Å². The zero-order valence-electron chi connectivity index (χ0n) is 15.9. The number of aryl methyl sites for hydroxylation is 2. The molecule has 6 heteroatoms. The zero-order valence-corrected chi connectivity index (χ0v) is 15.9. The van der Waals surface area contributed by atoms with Crippen LogP contribution in [-0.2, 0) is 16.0 Å². The molecule has 0 bridgehead atoms. The Hall–Kier alpha value is -2.44. The van der Waals surface area contributed by atoms with E-state index in [1.54, 1.807) is 4.90 Å². The Labute approximate surface area is 159 Å². The van der Waals surface area contributed by atoms with Gasteiger partial charge in [0, 0.05) is 17.9 Å². The van der Waals surface area contributed by atoms with Gasteiger partial charge in [0.15, 0.2) is 0 Å². The fraction of sp³-hybridized carbons (Fsp3) is 0.429. The summed E-state index contributed by atoms with van der Waals surface area (Å²) in [5, 5.41) is 11.0. The molecule has 1 N–H and O–H groups in total. The molecule has 27 heavy (non-hydrogen) atoms. The summed E-state index contributed by atoms with van der Waals surface area (Å²) in [6.07, 6.45) is 0.205. The van der Waals surface area contributed by atoms with Crippen molar-refractivity contribution in [3.8, 4) is 5.75 Å². The molecule has 0 radical (unpaired) electrons. The molecule has 1 amide bonds. The van der Waals surface area contributed by atoms with Gasteiger partial charge in [-0.05, 0) is 37.6 Å². The van der Waals surface area contributed by atoms with Gasteiger partial charge in [-0.25, -0.2) is 0 Å². The average molecular weight is 370 g/mol. The van der Waals surface area contributed by atoms with E-state index in [1.165, 1.54) is 0 Å². The predicted octanol–water partition coefficient (Wildman–Crippen LogP) is 1.91. The van der Waals surface area contributed by atoms with E-state index < -0.39 is 5.60 Å². The lowest BCUT2D eigenvalue weighted by Gasteiger charge is -2.30.